The van der Waals surface area contributed by atoms with Crippen molar-refractivity contribution < 1.29 is 22.7 Å². The van der Waals surface area contributed by atoms with E-state index in [4.69, 9.17) is 0 Å². The minimum Gasteiger partial charge on any atom is -0.456 e. The van der Waals surface area contributed by atoms with Crippen molar-refractivity contribution in [1.29, 1.82) is 0 Å². The number of rotatable bonds is 1. The van der Waals surface area contributed by atoms with Gasteiger partial charge in [0.1, 0.15) is 6.10 Å². The van der Waals surface area contributed by atoms with Crippen LogP contribution in [0.1, 0.15) is 25.7 Å². The zero-order valence-electron chi connectivity index (χ0n) is 6.93. The molecule has 0 heterocycles. The maximum absolute atomic E-state index is 11.7. The topological polar surface area (TPSA) is 26.3 Å². The van der Waals surface area contributed by atoms with Gasteiger partial charge in [-0.1, -0.05) is 0 Å². The van der Waals surface area contributed by atoms with Gasteiger partial charge >= 0.3 is 12.1 Å². The molecule has 0 aromatic rings. The third-order valence-electron chi connectivity index (χ3n) is 1.89. The van der Waals surface area contributed by atoms with Gasteiger partial charge in [-0.15, -0.1) is 0 Å². The number of hydrogen-bond acceptors (Lipinski definition) is 2. The highest BCUT2D eigenvalue weighted by Crippen LogP contribution is 2.23. The van der Waals surface area contributed by atoms with Crippen LogP contribution in [0.15, 0.2) is 0 Å². The summed E-state index contributed by atoms with van der Waals surface area (Å²) in [6.45, 7) is 0. The molecule has 0 aliphatic heterocycles. The van der Waals surface area contributed by atoms with Gasteiger partial charge in [0.15, 0.2) is 0 Å². The number of halogens is 3. The van der Waals surface area contributed by atoms with Gasteiger partial charge in [-0.05, 0) is 32.1 Å². The lowest BCUT2D eigenvalue weighted by Gasteiger charge is -2.21. The Morgan fingerprint density at radius 2 is 1.85 bits per heavy atom. The molecule has 0 atom stereocenters. The van der Waals surface area contributed by atoms with Crippen LogP contribution in [-0.2, 0) is 9.53 Å². The fourth-order valence-corrected chi connectivity index (χ4v) is 1.23. The van der Waals surface area contributed by atoms with E-state index in [1.807, 2.05) is 6.42 Å². The van der Waals surface area contributed by atoms with Crippen molar-refractivity contribution in [1.82, 2.24) is 0 Å². The van der Waals surface area contributed by atoms with Gasteiger partial charge < -0.3 is 4.74 Å². The first-order valence-electron chi connectivity index (χ1n) is 4.09. The van der Waals surface area contributed by atoms with E-state index in [0.717, 1.165) is 12.8 Å². The summed E-state index contributed by atoms with van der Waals surface area (Å²) in [4.78, 5) is 10.4. The van der Waals surface area contributed by atoms with Crippen molar-refractivity contribution in [3.63, 3.8) is 0 Å². The molecule has 1 saturated carbocycles. The molecule has 0 spiro atoms. The van der Waals surface area contributed by atoms with Crippen molar-refractivity contribution in [2.75, 3.05) is 0 Å². The van der Waals surface area contributed by atoms with Crippen molar-refractivity contribution in [3.05, 3.63) is 6.42 Å². The first kappa shape index (κ1) is 10.3. The summed E-state index contributed by atoms with van der Waals surface area (Å²) in [7, 11) is 0. The van der Waals surface area contributed by atoms with E-state index in [-0.39, 0.29) is 0 Å². The molecule has 1 rings (SSSR count). The van der Waals surface area contributed by atoms with Gasteiger partial charge in [0.05, 0.1) is 0 Å². The Hall–Kier alpha value is -0.740. The van der Waals surface area contributed by atoms with Crippen molar-refractivity contribution in [3.8, 4) is 0 Å². The van der Waals surface area contributed by atoms with Crippen LogP contribution in [0.5, 0.6) is 0 Å². The van der Waals surface area contributed by atoms with Crippen LogP contribution in [0.4, 0.5) is 13.2 Å². The molecular weight excluding hydrogens is 185 g/mol. The third kappa shape index (κ3) is 3.24. The Labute approximate surface area is 74.1 Å². The molecule has 1 radical (unpaired) electrons. The van der Waals surface area contributed by atoms with Gasteiger partial charge in [0.2, 0.25) is 0 Å². The Morgan fingerprint density at radius 3 is 2.31 bits per heavy atom. The van der Waals surface area contributed by atoms with Crippen LogP contribution in [0.3, 0.4) is 0 Å². The molecule has 13 heavy (non-hydrogen) atoms. The number of esters is 1. The minimum atomic E-state index is -4.86. The molecule has 0 N–H and O–H groups in total. The van der Waals surface area contributed by atoms with Crippen molar-refractivity contribution in [2.24, 2.45) is 0 Å². The zero-order valence-corrected chi connectivity index (χ0v) is 6.93. The van der Waals surface area contributed by atoms with Crippen LogP contribution in [0, 0.1) is 6.42 Å². The molecule has 1 aliphatic rings. The maximum atomic E-state index is 11.7. The van der Waals surface area contributed by atoms with Crippen LogP contribution >= 0.6 is 0 Å². The minimum absolute atomic E-state index is 0.502. The third-order valence-corrected chi connectivity index (χ3v) is 1.89. The second-order valence-corrected chi connectivity index (χ2v) is 2.97. The molecule has 5 heteroatoms. The molecular formula is C8H10F3O2. The summed E-state index contributed by atoms with van der Waals surface area (Å²) in [5.41, 5.74) is 0. The van der Waals surface area contributed by atoms with Gasteiger partial charge in [-0.2, -0.15) is 13.2 Å². The highest BCUT2D eigenvalue weighted by Gasteiger charge is 2.42. The van der Waals surface area contributed by atoms with Gasteiger partial charge in [0.25, 0.3) is 0 Å². The van der Waals surface area contributed by atoms with Crippen molar-refractivity contribution in [2.45, 2.75) is 38.0 Å². The van der Waals surface area contributed by atoms with E-state index in [1.165, 1.54) is 0 Å². The number of hydrogen-bond donors (Lipinski definition) is 0. The normalized spacial score (nSPS) is 19.9. The molecule has 2 nitrogen and oxygen atoms in total. The van der Waals surface area contributed by atoms with E-state index in [2.05, 4.69) is 4.74 Å². The van der Waals surface area contributed by atoms with E-state index in [1.54, 1.807) is 0 Å². The molecule has 1 fully saturated rings. The molecule has 0 unspecified atom stereocenters. The largest absolute Gasteiger partial charge is 0.490 e. The average molecular weight is 195 g/mol. The predicted octanol–water partition coefficient (Wildman–Crippen LogP) is 2.24. The molecule has 0 saturated heterocycles. The van der Waals surface area contributed by atoms with Crippen LogP contribution in [0.2, 0.25) is 0 Å². The lowest BCUT2D eigenvalue weighted by Crippen LogP contribution is -2.31. The number of carbonyl (C=O) groups is 1. The SMILES string of the molecule is O=C(OC1CC[CH]CC1)C(F)(F)F. The van der Waals surface area contributed by atoms with Gasteiger partial charge in [-0.25, -0.2) is 4.79 Å². The molecule has 75 valence electrons. The molecule has 1 aliphatic carbocycles. The summed E-state index contributed by atoms with van der Waals surface area (Å²) >= 11 is 0. The Bertz CT molecular complexity index is 182. The first-order valence-corrected chi connectivity index (χ1v) is 4.09. The Balaban J connectivity index is 2.35. The highest BCUT2D eigenvalue weighted by atomic mass is 19.4. The van der Waals surface area contributed by atoms with E-state index in [9.17, 15) is 18.0 Å². The fraction of sp³-hybridized carbons (Fsp3) is 0.750. The molecule has 0 aromatic heterocycles. The lowest BCUT2D eigenvalue weighted by atomic mass is 9.98. The monoisotopic (exact) mass is 195 g/mol. The molecule has 0 amide bonds. The average Bonchev–Trinajstić information content (AvgIpc) is 2.04. The second kappa shape index (κ2) is 3.98. The lowest BCUT2D eigenvalue weighted by molar-refractivity contribution is -0.205. The van der Waals surface area contributed by atoms with Gasteiger partial charge in [-0.3, -0.25) is 0 Å². The van der Waals surface area contributed by atoms with Gasteiger partial charge in [0, 0.05) is 0 Å². The second-order valence-electron chi connectivity index (χ2n) is 2.97. The van der Waals surface area contributed by atoms with Crippen LogP contribution in [-0.4, -0.2) is 18.2 Å². The van der Waals surface area contributed by atoms with Crippen molar-refractivity contribution >= 4 is 5.97 Å². The summed E-state index contributed by atoms with van der Waals surface area (Å²) < 4.78 is 39.4. The van der Waals surface area contributed by atoms with Crippen LogP contribution < -0.4 is 0 Å². The summed E-state index contributed by atoms with van der Waals surface area (Å²) in [5, 5.41) is 0. The summed E-state index contributed by atoms with van der Waals surface area (Å²) in [6.07, 6.45) is -0.993. The Kier molecular flexibility index (Phi) is 3.17. The number of alkyl halides is 3. The maximum Gasteiger partial charge on any atom is 0.490 e. The number of ether oxygens (including phenoxy) is 1. The zero-order chi connectivity index (χ0) is 9.90. The quantitative estimate of drug-likeness (QED) is 0.600. The van der Waals surface area contributed by atoms with E-state index in [0.29, 0.717) is 12.8 Å². The fourth-order valence-electron chi connectivity index (χ4n) is 1.23. The predicted molar refractivity (Wildman–Crippen MR) is 38.7 cm³/mol. The highest BCUT2D eigenvalue weighted by molar-refractivity contribution is 5.75. The smallest absolute Gasteiger partial charge is 0.456 e. The van der Waals surface area contributed by atoms with Crippen LogP contribution in [0.25, 0.3) is 0 Å². The summed E-state index contributed by atoms with van der Waals surface area (Å²) in [5.74, 6) is -2.07. The Morgan fingerprint density at radius 1 is 1.31 bits per heavy atom. The summed E-state index contributed by atoms with van der Waals surface area (Å²) in [6, 6.07) is 0. The molecule has 0 bridgehead atoms. The van der Waals surface area contributed by atoms with E-state index >= 15 is 0 Å². The first-order chi connectivity index (χ1) is 6.00. The van der Waals surface area contributed by atoms with E-state index < -0.39 is 18.2 Å². The molecule has 0 aromatic carbocycles. The number of carbonyl (C=O) groups excluding carboxylic acids is 1. The standard InChI is InChI=1S/C8H10F3O2/c9-8(10,11)7(12)13-6-4-2-1-3-5-6/h1,6H,2-5H2.